The van der Waals surface area contributed by atoms with Gasteiger partial charge in [-0.15, -0.1) is 0 Å². The van der Waals surface area contributed by atoms with E-state index < -0.39 is 5.97 Å². The third-order valence-electron chi connectivity index (χ3n) is 2.85. The zero-order chi connectivity index (χ0) is 16.1. The van der Waals surface area contributed by atoms with Crippen LogP contribution in [0.3, 0.4) is 0 Å². The summed E-state index contributed by atoms with van der Waals surface area (Å²) in [4.78, 5) is 35.2. The molecule has 1 amide bonds. The number of hydrogen-bond donors (Lipinski definition) is 1. The number of hydrogen-bond acceptors (Lipinski definition) is 4. The maximum absolute atomic E-state index is 12.0. The molecule has 6 nitrogen and oxygen atoms in total. The van der Waals surface area contributed by atoms with Gasteiger partial charge in [-0.1, -0.05) is 0 Å². The normalized spacial score (nSPS) is 10.1. The number of benzene rings is 1. The molecule has 0 atom stereocenters. The highest BCUT2D eigenvalue weighted by atomic mass is 127. The number of esters is 1. The van der Waals surface area contributed by atoms with Crippen molar-refractivity contribution in [3.63, 3.8) is 0 Å². The van der Waals surface area contributed by atoms with Crippen molar-refractivity contribution in [2.75, 3.05) is 12.4 Å². The number of pyridine rings is 1. The molecular formula is C15H13IN2O4. The fraction of sp³-hybridized carbons (Fsp3) is 0.133. The first kappa shape index (κ1) is 16.2. The van der Waals surface area contributed by atoms with E-state index in [0.29, 0.717) is 5.69 Å². The molecule has 1 aromatic carbocycles. The smallest absolute Gasteiger partial charge is 0.339 e. The number of rotatable bonds is 4. The number of halogens is 1. The van der Waals surface area contributed by atoms with Gasteiger partial charge in [0, 0.05) is 21.5 Å². The van der Waals surface area contributed by atoms with Crippen molar-refractivity contribution in [2.45, 2.75) is 6.54 Å². The van der Waals surface area contributed by atoms with Crippen LogP contribution in [0.2, 0.25) is 0 Å². The molecule has 0 saturated heterocycles. The molecule has 0 radical (unpaired) electrons. The van der Waals surface area contributed by atoms with Crippen LogP contribution in [0.15, 0.2) is 47.4 Å². The number of carbonyl (C=O) groups is 2. The van der Waals surface area contributed by atoms with Gasteiger partial charge in [-0.05, 0) is 52.9 Å². The van der Waals surface area contributed by atoms with E-state index in [4.69, 9.17) is 0 Å². The Balaban J connectivity index is 2.12. The summed E-state index contributed by atoms with van der Waals surface area (Å²) in [6.07, 6.45) is 1.31. The second kappa shape index (κ2) is 7.21. The summed E-state index contributed by atoms with van der Waals surface area (Å²) in [5.74, 6) is -0.919. The number of carbonyl (C=O) groups excluding carboxylic acids is 2. The molecule has 0 aliphatic heterocycles. The second-order valence-electron chi connectivity index (χ2n) is 4.43. The Kier molecular flexibility index (Phi) is 5.31. The number of nitrogens with zero attached hydrogens (tertiary/aromatic N) is 1. The molecule has 22 heavy (non-hydrogen) atoms. The third kappa shape index (κ3) is 4.17. The quantitative estimate of drug-likeness (QED) is 0.615. The highest BCUT2D eigenvalue weighted by Gasteiger charge is 2.10. The number of amides is 1. The largest absolute Gasteiger partial charge is 0.465 e. The van der Waals surface area contributed by atoms with E-state index in [1.807, 2.05) is 12.1 Å². The van der Waals surface area contributed by atoms with Crippen LogP contribution in [0.4, 0.5) is 5.69 Å². The van der Waals surface area contributed by atoms with Crippen molar-refractivity contribution in [1.29, 1.82) is 0 Å². The highest BCUT2D eigenvalue weighted by molar-refractivity contribution is 14.1. The van der Waals surface area contributed by atoms with Gasteiger partial charge in [0.25, 0.3) is 5.56 Å². The van der Waals surface area contributed by atoms with Crippen LogP contribution >= 0.6 is 22.6 Å². The minimum Gasteiger partial charge on any atom is -0.465 e. The van der Waals surface area contributed by atoms with E-state index in [9.17, 15) is 14.4 Å². The fourth-order valence-electron chi connectivity index (χ4n) is 1.78. The van der Waals surface area contributed by atoms with Crippen molar-refractivity contribution >= 4 is 40.2 Å². The summed E-state index contributed by atoms with van der Waals surface area (Å²) in [5, 5.41) is 2.69. The monoisotopic (exact) mass is 412 g/mol. The Labute approximate surface area is 140 Å². The maximum Gasteiger partial charge on any atom is 0.339 e. The minimum absolute atomic E-state index is 0.185. The molecule has 2 rings (SSSR count). The predicted octanol–water partition coefficient (Wildman–Crippen LogP) is 1.88. The Morgan fingerprint density at radius 2 is 1.86 bits per heavy atom. The topological polar surface area (TPSA) is 77.4 Å². The fourth-order valence-corrected chi connectivity index (χ4v) is 2.14. The summed E-state index contributed by atoms with van der Waals surface area (Å²) < 4.78 is 6.80. The zero-order valence-corrected chi connectivity index (χ0v) is 13.9. The van der Waals surface area contributed by atoms with Gasteiger partial charge in [0.1, 0.15) is 6.54 Å². The van der Waals surface area contributed by atoms with Gasteiger partial charge in [0.2, 0.25) is 5.91 Å². The Hall–Kier alpha value is -2.16. The molecule has 2 aromatic rings. The first-order valence-corrected chi connectivity index (χ1v) is 7.41. The molecular weight excluding hydrogens is 399 g/mol. The van der Waals surface area contributed by atoms with Crippen LogP contribution in [0.1, 0.15) is 10.4 Å². The van der Waals surface area contributed by atoms with E-state index in [1.54, 1.807) is 12.1 Å². The number of ether oxygens (including phenoxy) is 1. The zero-order valence-electron chi connectivity index (χ0n) is 11.7. The lowest BCUT2D eigenvalue weighted by Crippen LogP contribution is -2.27. The molecule has 1 aromatic heterocycles. The molecule has 7 heteroatoms. The van der Waals surface area contributed by atoms with Crippen molar-refractivity contribution in [3.8, 4) is 0 Å². The molecule has 0 spiro atoms. The Morgan fingerprint density at radius 1 is 1.18 bits per heavy atom. The Bertz CT molecular complexity index is 753. The van der Waals surface area contributed by atoms with Crippen LogP contribution in [0.5, 0.6) is 0 Å². The van der Waals surface area contributed by atoms with Crippen LogP contribution in [0.25, 0.3) is 0 Å². The van der Waals surface area contributed by atoms with Gasteiger partial charge in [-0.2, -0.15) is 0 Å². The standard InChI is InChI=1S/C15H13IN2O4/c1-22-15(21)10-2-7-14(20)18(8-10)9-13(19)17-12-5-3-11(16)4-6-12/h2-8H,9H2,1H3,(H,17,19). The van der Waals surface area contributed by atoms with E-state index in [-0.39, 0.29) is 23.6 Å². The average Bonchev–Trinajstić information content (AvgIpc) is 2.51. The van der Waals surface area contributed by atoms with Gasteiger partial charge in [-0.3, -0.25) is 9.59 Å². The first-order chi connectivity index (χ1) is 10.5. The summed E-state index contributed by atoms with van der Waals surface area (Å²) in [6.45, 7) is -0.185. The highest BCUT2D eigenvalue weighted by Crippen LogP contribution is 2.11. The van der Waals surface area contributed by atoms with Gasteiger partial charge >= 0.3 is 5.97 Å². The third-order valence-corrected chi connectivity index (χ3v) is 3.57. The van der Waals surface area contributed by atoms with E-state index in [1.165, 1.54) is 25.4 Å². The van der Waals surface area contributed by atoms with Crippen molar-refractivity contribution in [3.05, 3.63) is 62.1 Å². The van der Waals surface area contributed by atoms with Gasteiger partial charge < -0.3 is 14.6 Å². The maximum atomic E-state index is 12.0. The van der Waals surface area contributed by atoms with Crippen LogP contribution in [0, 0.1) is 3.57 Å². The van der Waals surface area contributed by atoms with E-state index in [0.717, 1.165) is 8.14 Å². The molecule has 1 N–H and O–H groups in total. The summed E-state index contributed by atoms with van der Waals surface area (Å²) in [7, 11) is 1.25. The summed E-state index contributed by atoms with van der Waals surface area (Å²) >= 11 is 2.16. The number of nitrogens with one attached hydrogen (secondary N) is 1. The summed E-state index contributed by atoms with van der Waals surface area (Å²) in [6, 6.07) is 9.85. The van der Waals surface area contributed by atoms with Crippen molar-refractivity contribution < 1.29 is 14.3 Å². The number of anilines is 1. The average molecular weight is 412 g/mol. The van der Waals surface area contributed by atoms with Crippen LogP contribution in [-0.2, 0) is 16.1 Å². The minimum atomic E-state index is -0.563. The van der Waals surface area contributed by atoms with Crippen LogP contribution in [-0.4, -0.2) is 23.6 Å². The van der Waals surface area contributed by atoms with Crippen LogP contribution < -0.4 is 10.9 Å². The lowest BCUT2D eigenvalue weighted by molar-refractivity contribution is -0.116. The van der Waals surface area contributed by atoms with Gasteiger partial charge in [-0.25, -0.2) is 4.79 Å². The van der Waals surface area contributed by atoms with Gasteiger partial charge in [0.15, 0.2) is 0 Å². The molecule has 114 valence electrons. The molecule has 0 aliphatic carbocycles. The van der Waals surface area contributed by atoms with Crippen molar-refractivity contribution in [2.24, 2.45) is 0 Å². The lowest BCUT2D eigenvalue weighted by Gasteiger charge is -2.08. The second-order valence-corrected chi connectivity index (χ2v) is 5.68. The molecule has 0 unspecified atom stereocenters. The molecule has 1 heterocycles. The SMILES string of the molecule is COC(=O)c1ccc(=O)n(CC(=O)Nc2ccc(I)cc2)c1. The Morgan fingerprint density at radius 3 is 2.50 bits per heavy atom. The predicted molar refractivity (Wildman–Crippen MR) is 89.8 cm³/mol. The van der Waals surface area contributed by atoms with Crippen molar-refractivity contribution in [1.82, 2.24) is 4.57 Å². The van der Waals surface area contributed by atoms with E-state index in [2.05, 4.69) is 32.6 Å². The number of aromatic nitrogens is 1. The van der Waals surface area contributed by atoms with Gasteiger partial charge in [0.05, 0.1) is 12.7 Å². The molecule has 0 aliphatic rings. The first-order valence-electron chi connectivity index (χ1n) is 6.34. The lowest BCUT2D eigenvalue weighted by atomic mass is 10.3. The molecule has 0 fully saturated rings. The molecule has 0 saturated carbocycles. The summed E-state index contributed by atoms with van der Waals surface area (Å²) in [5.41, 5.74) is 0.483. The number of methoxy groups -OCH3 is 1. The molecule has 0 bridgehead atoms. The van der Waals surface area contributed by atoms with E-state index >= 15 is 0 Å².